The van der Waals surface area contributed by atoms with Crippen molar-refractivity contribution in [2.45, 2.75) is 19.9 Å². The number of nitrogens with zero attached hydrogens (tertiary/aromatic N) is 3. The Morgan fingerprint density at radius 2 is 1.88 bits per heavy atom. The van der Waals surface area contributed by atoms with Crippen molar-refractivity contribution in [1.82, 2.24) is 19.4 Å². The van der Waals surface area contributed by atoms with Gasteiger partial charge in [-0.05, 0) is 49.4 Å². The van der Waals surface area contributed by atoms with Crippen molar-refractivity contribution in [3.8, 4) is 17.1 Å². The highest BCUT2D eigenvalue weighted by Crippen LogP contribution is 2.32. The molecule has 34 heavy (non-hydrogen) atoms. The number of aromatic amines is 1. The molecule has 0 aliphatic rings. The average Bonchev–Trinajstić information content (AvgIpc) is 3.41. The molecule has 1 amide bonds. The highest BCUT2D eigenvalue weighted by atomic mass is 16.5. The van der Waals surface area contributed by atoms with Crippen LogP contribution in [0.2, 0.25) is 0 Å². The molecule has 0 radical (unpaired) electrons. The second kappa shape index (κ2) is 10.5. The molecule has 0 aliphatic heterocycles. The van der Waals surface area contributed by atoms with Crippen LogP contribution in [0.3, 0.4) is 0 Å². The fourth-order valence-electron chi connectivity index (χ4n) is 4.01. The number of aromatic nitrogens is 3. The third-order valence-electron chi connectivity index (χ3n) is 5.68. The number of pyridine rings is 1. The van der Waals surface area contributed by atoms with Crippen LogP contribution >= 0.6 is 0 Å². The Morgan fingerprint density at radius 3 is 2.59 bits per heavy atom. The Hall–Kier alpha value is -3.69. The van der Waals surface area contributed by atoms with E-state index < -0.39 is 0 Å². The molecule has 178 valence electrons. The lowest BCUT2D eigenvalue weighted by molar-refractivity contribution is -0.134. The van der Waals surface area contributed by atoms with Gasteiger partial charge in [-0.15, -0.1) is 0 Å². The lowest BCUT2D eigenvalue weighted by Crippen LogP contribution is -2.38. The number of ketones is 1. The van der Waals surface area contributed by atoms with E-state index in [2.05, 4.69) is 14.5 Å². The summed E-state index contributed by atoms with van der Waals surface area (Å²) >= 11 is 0. The van der Waals surface area contributed by atoms with Gasteiger partial charge < -0.3 is 29.4 Å². The SMILES string of the molecule is CC(=O)CCn1c(-c2cc3cccnc3[nH]2)cc2cc(OCC(=O)N(CCO)CCO)ccc21. The number of aliphatic hydroxyl groups excluding tert-OH is 2. The third-order valence-corrected chi connectivity index (χ3v) is 5.68. The summed E-state index contributed by atoms with van der Waals surface area (Å²) in [4.78, 5) is 33.2. The first-order valence-electron chi connectivity index (χ1n) is 11.2. The molecule has 0 spiro atoms. The van der Waals surface area contributed by atoms with E-state index in [9.17, 15) is 9.59 Å². The summed E-state index contributed by atoms with van der Waals surface area (Å²) in [5.41, 5.74) is 3.57. The Bertz CT molecular complexity index is 1270. The first kappa shape index (κ1) is 23.5. The number of H-pyrrole nitrogens is 1. The van der Waals surface area contributed by atoms with Crippen LogP contribution in [0.1, 0.15) is 13.3 Å². The van der Waals surface area contributed by atoms with Crippen LogP contribution in [0.5, 0.6) is 5.75 Å². The lowest BCUT2D eigenvalue weighted by Gasteiger charge is -2.20. The number of carbonyl (C=O) groups excluding carboxylic acids is 2. The molecule has 3 heterocycles. The predicted molar refractivity (Wildman–Crippen MR) is 129 cm³/mol. The molecular weight excluding hydrogens is 436 g/mol. The summed E-state index contributed by atoms with van der Waals surface area (Å²) in [6.45, 7) is 1.84. The minimum Gasteiger partial charge on any atom is -0.484 e. The van der Waals surface area contributed by atoms with Gasteiger partial charge in [0.25, 0.3) is 5.91 Å². The number of aryl methyl sites for hydroxylation is 1. The number of Topliss-reactive ketones (excluding diaryl/α,β-unsaturated/α-hetero) is 1. The van der Waals surface area contributed by atoms with Crippen LogP contribution in [0.25, 0.3) is 33.3 Å². The Labute approximate surface area is 196 Å². The molecule has 9 heteroatoms. The standard InChI is InChI=1S/C25H28N4O5/c1-17(32)6-8-29-22-5-4-20(34-16-24(33)28(9-11-30)10-12-31)13-19(22)15-23(29)21-14-18-3-2-7-26-25(18)27-21/h2-5,7,13-15,30-31H,6,8-12,16H2,1H3,(H,26,27). The number of benzene rings is 1. The molecule has 3 N–H and O–H groups in total. The molecule has 1 aromatic carbocycles. The lowest BCUT2D eigenvalue weighted by atomic mass is 10.2. The third kappa shape index (κ3) is 5.11. The van der Waals surface area contributed by atoms with Crippen molar-refractivity contribution < 1.29 is 24.5 Å². The fraction of sp³-hybridized carbons (Fsp3) is 0.320. The second-order valence-electron chi connectivity index (χ2n) is 8.09. The maximum absolute atomic E-state index is 12.4. The largest absolute Gasteiger partial charge is 0.484 e. The van der Waals surface area contributed by atoms with Crippen molar-refractivity contribution in [1.29, 1.82) is 0 Å². The van der Waals surface area contributed by atoms with Gasteiger partial charge in [-0.25, -0.2) is 4.98 Å². The van der Waals surface area contributed by atoms with Crippen LogP contribution in [-0.4, -0.2) is 74.2 Å². The van der Waals surface area contributed by atoms with Crippen LogP contribution in [0.4, 0.5) is 0 Å². The molecule has 0 bridgehead atoms. The molecular formula is C25H28N4O5. The molecule has 9 nitrogen and oxygen atoms in total. The van der Waals surface area contributed by atoms with Gasteiger partial charge in [-0.2, -0.15) is 0 Å². The van der Waals surface area contributed by atoms with Gasteiger partial charge in [0.1, 0.15) is 17.2 Å². The zero-order valence-electron chi connectivity index (χ0n) is 19.0. The number of hydrogen-bond acceptors (Lipinski definition) is 6. The number of amides is 1. The summed E-state index contributed by atoms with van der Waals surface area (Å²) < 4.78 is 7.81. The van der Waals surface area contributed by atoms with E-state index in [4.69, 9.17) is 14.9 Å². The number of aliphatic hydroxyl groups is 2. The Morgan fingerprint density at radius 1 is 1.09 bits per heavy atom. The average molecular weight is 465 g/mol. The van der Waals surface area contributed by atoms with E-state index in [1.165, 1.54) is 4.90 Å². The molecule has 0 saturated heterocycles. The molecule has 3 aromatic heterocycles. The molecule has 0 saturated carbocycles. The van der Waals surface area contributed by atoms with Crippen molar-refractivity contribution >= 4 is 33.6 Å². The maximum Gasteiger partial charge on any atom is 0.260 e. The molecule has 4 rings (SSSR count). The molecule has 0 atom stereocenters. The van der Waals surface area contributed by atoms with Crippen LogP contribution in [0, 0.1) is 0 Å². The van der Waals surface area contributed by atoms with Crippen LogP contribution < -0.4 is 4.74 Å². The van der Waals surface area contributed by atoms with E-state index >= 15 is 0 Å². The van der Waals surface area contributed by atoms with Gasteiger partial charge in [0.2, 0.25) is 0 Å². The van der Waals surface area contributed by atoms with Crippen molar-refractivity contribution in [2.75, 3.05) is 32.9 Å². The molecule has 0 unspecified atom stereocenters. The smallest absolute Gasteiger partial charge is 0.260 e. The van der Waals surface area contributed by atoms with Gasteiger partial charge in [0.15, 0.2) is 6.61 Å². The van der Waals surface area contributed by atoms with Gasteiger partial charge in [-0.3, -0.25) is 9.59 Å². The summed E-state index contributed by atoms with van der Waals surface area (Å²) in [7, 11) is 0. The Balaban J connectivity index is 1.63. The quantitative estimate of drug-likeness (QED) is 0.313. The van der Waals surface area contributed by atoms with Gasteiger partial charge in [0, 0.05) is 48.5 Å². The topological polar surface area (TPSA) is 121 Å². The zero-order valence-corrected chi connectivity index (χ0v) is 19.0. The van der Waals surface area contributed by atoms with Crippen molar-refractivity contribution in [2.24, 2.45) is 0 Å². The number of ether oxygens (including phenoxy) is 1. The molecule has 4 aromatic rings. The number of hydrogen-bond donors (Lipinski definition) is 3. The van der Waals surface area contributed by atoms with E-state index in [1.807, 2.05) is 36.4 Å². The highest BCUT2D eigenvalue weighted by molar-refractivity contribution is 5.90. The monoisotopic (exact) mass is 464 g/mol. The van der Waals surface area contributed by atoms with Gasteiger partial charge >= 0.3 is 0 Å². The minimum absolute atomic E-state index is 0.111. The van der Waals surface area contributed by atoms with Crippen LogP contribution in [-0.2, 0) is 16.1 Å². The van der Waals surface area contributed by atoms with Gasteiger partial charge in [0.05, 0.1) is 24.6 Å². The normalized spacial score (nSPS) is 11.3. The number of carbonyl (C=O) groups is 2. The number of fused-ring (bicyclic) bond motifs is 2. The van der Waals surface area contributed by atoms with E-state index in [1.54, 1.807) is 19.2 Å². The molecule has 0 fully saturated rings. The minimum atomic E-state index is -0.312. The Kier molecular flexibility index (Phi) is 7.24. The van der Waals surface area contributed by atoms with E-state index in [0.29, 0.717) is 18.7 Å². The summed E-state index contributed by atoms with van der Waals surface area (Å²) in [5, 5.41) is 20.1. The van der Waals surface area contributed by atoms with Crippen LogP contribution in [0.15, 0.2) is 48.7 Å². The van der Waals surface area contributed by atoms with E-state index in [0.717, 1.165) is 33.3 Å². The van der Waals surface area contributed by atoms with Crippen molar-refractivity contribution in [3.05, 3.63) is 48.7 Å². The zero-order chi connectivity index (χ0) is 24.1. The first-order valence-corrected chi connectivity index (χ1v) is 11.2. The van der Waals surface area contributed by atoms with Gasteiger partial charge in [-0.1, -0.05) is 0 Å². The fourth-order valence-corrected chi connectivity index (χ4v) is 4.01. The summed E-state index contributed by atoms with van der Waals surface area (Å²) in [5.74, 6) is 0.329. The maximum atomic E-state index is 12.4. The summed E-state index contributed by atoms with van der Waals surface area (Å²) in [6, 6.07) is 13.5. The predicted octanol–water partition coefficient (Wildman–Crippen LogP) is 2.36. The first-order chi connectivity index (χ1) is 16.5. The molecule has 0 aliphatic carbocycles. The van der Waals surface area contributed by atoms with Crippen molar-refractivity contribution in [3.63, 3.8) is 0 Å². The van der Waals surface area contributed by atoms with E-state index in [-0.39, 0.29) is 44.6 Å². The second-order valence-corrected chi connectivity index (χ2v) is 8.09. The number of nitrogens with one attached hydrogen (secondary N) is 1. The number of rotatable bonds is 11. The summed E-state index contributed by atoms with van der Waals surface area (Å²) in [6.07, 6.45) is 2.15. The highest BCUT2D eigenvalue weighted by Gasteiger charge is 2.16.